The number of nitrogens with one attached hydrogen (secondary N) is 1. The first-order valence-corrected chi connectivity index (χ1v) is 8.09. The van der Waals surface area contributed by atoms with Crippen LogP contribution in [-0.4, -0.2) is 47.0 Å². The van der Waals surface area contributed by atoms with Gasteiger partial charge in [0.15, 0.2) is 0 Å². The fourth-order valence-electron chi connectivity index (χ4n) is 3.60. The summed E-state index contributed by atoms with van der Waals surface area (Å²) in [6.45, 7) is 3.98. The largest absolute Gasteiger partial charge is 0.337 e. The number of hydrogen-bond donors (Lipinski definition) is 1. The minimum atomic E-state index is 0.0834. The van der Waals surface area contributed by atoms with Gasteiger partial charge in [0.25, 0.3) is 5.91 Å². The second kappa shape index (κ2) is 5.05. The SMILES string of the molecule is O=C(c1ccnc(C2CC2)n1)N1CCC2(CCNC2)CC1. The predicted molar refractivity (Wildman–Crippen MR) is 79.1 cm³/mol. The van der Waals surface area contributed by atoms with Crippen LogP contribution in [0.1, 0.15) is 54.3 Å². The first kappa shape index (κ1) is 13.2. The lowest BCUT2D eigenvalue weighted by atomic mass is 9.78. The average Bonchev–Trinajstić information content (AvgIpc) is 3.29. The van der Waals surface area contributed by atoms with E-state index in [1.165, 1.54) is 6.42 Å². The molecule has 1 amide bonds. The summed E-state index contributed by atoms with van der Waals surface area (Å²) >= 11 is 0. The Hall–Kier alpha value is -1.49. The average molecular weight is 286 g/mol. The first-order valence-electron chi connectivity index (χ1n) is 8.09. The molecule has 4 rings (SSSR count). The molecule has 0 radical (unpaired) electrons. The van der Waals surface area contributed by atoms with Crippen molar-refractivity contribution in [3.8, 4) is 0 Å². The molecule has 3 aliphatic rings. The van der Waals surface area contributed by atoms with Gasteiger partial charge in [-0.15, -0.1) is 0 Å². The van der Waals surface area contributed by atoms with E-state index in [1.54, 1.807) is 12.3 Å². The smallest absolute Gasteiger partial charge is 0.272 e. The van der Waals surface area contributed by atoms with Crippen molar-refractivity contribution in [3.63, 3.8) is 0 Å². The summed E-state index contributed by atoms with van der Waals surface area (Å²) in [4.78, 5) is 23.4. The minimum absolute atomic E-state index is 0.0834. The zero-order chi connectivity index (χ0) is 14.3. The van der Waals surface area contributed by atoms with E-state index in [9.17, 15) is 4.79 Å². The monoisotopic (exact) mass is 286 g/mol. The topological polar surface area (TPSA) is 58.1 Å². The number of rotatable bonds is 2. The van der Waals surface area contributed by atoms with Crippen LogP contribution in [0.5, 0.6) is 0 Å². The fourth-order valence-corrected chi connectivity index (χ4v) is 3.60. The Kier molecular flexibility index (Phi) is 3.17. The van der Waals surface area contributed by atoms with Gasteiger partial charge >= 0.3 is 0 Å². The Bertz CT molecular complexity index is 539. The summed E-state index contributed by atoms with van der Waals surface area (Å²) in [5.41, 5.74) is 1.02. The van der Waals surface area contributed by atoms with Crippen molar-refractivity contribution in [3.05, 3.63) is 23.8 Å². The maximum absolute atomic E-state index is 12.6. The minimum Gasteiger partial charge on any atom is -0.337 e. The fraction of sp³-hybridized carbons (Fsp3) is 0.688. The number of hydrogen-bond acceptors (Lipinski definition) is 4. The highest BCUT2D eigenvalue weighted by Crippen LogP contribution is 2.38. The zero-order valence-corrected chi connectivity index (χ0v) is 12.3. The first-order chi connectivity index (χ1) is 10.3. The molecule has 0 aromatic carbocycles. The highest BCUT2D eigenvalue weighted by molar-refractivity contribution is 5.92. The van der Waals surface area contributed by atoms with Crippen LogP contribution >= 0.6 is 0 Å². The highest BCUT2D eigenvalue weighted by atomic mass is 16.2. The van der Waals surface area contributed by atoms with Crippen LogP contribution in [0.2, 0.25) is 0 Å². The van der Waals surface area contributed by atoms with Crippen molar-refractivity contribution in [1.29, 1.82) is 0 Å². The number of carbonyl (C=O) groups is 1. The van der Waals surface area contributed by atoms with E-state index in [-0.39, 0.29) is 5.91 Å². The van der Waals surface area contributed by atoms with Gasteiger partial charge in [0, 0.05) is 31.7 Å². The molecule has 0 atom stereocenters. The van der Waals surface area contributed by atoms with Gasteiger partial charge in [-0.1, -0.05) is 0 Å². The molecule has 1 aliphatic carbocycles. The Morgan fingerprint density at radius 3 is 2.76 bits per heavy atom. The van der Waals surface area contributed by atoms with Gasteiger partial charge in [0.05, 0.1) is 0 Å². The van der Waals surface area contributed by atoms with Gasteiger partial charge < -0.3 is 10.2 Å². The Morgan fingerprint density at radius 1 is 1.29 bits per heavy atom. The summed E-state index contributed by atoms with van der Waals surface area (Å²) < 4.78 is 0. The van der Waals surface area contributed by atoms with Gasteiger partial charge in [0.2, 0.25) is 0 Å². The van der Waals surface area contributed by atoms with Gasteiger partial charge in [-0.05, 0) is 50.1 Å². The molecule has 1 spiro atoms. The number of aromatic nitrogens is 2. The summed E-state index contributed by atoms with van der Waals surface area (Å²) in [5.74, 6) is 1.43. The van der Waals surface area contributed by atoms with Crippen molar-refractivity contribution in [2.75, 3.05) is 26.2 Å². The molecule has 2 aliphatic heterocycles. The second-order valence-corrected chi connectivity index (χ2v) is 6.79. The van der Waals surface area contributed by atoms with Crippen LogP contribution in [0, 0.1) is 5.41 Å². The zero-order valence-electron chi connectivity index (χ0n) is 12.3. The van der Waals surface area contributed by atoms with Crippen LogP contribution in [0.3, 0.4) is 0 Å². The van der Waals surface area contributed by atoms with E-state index in [1.807, 2.05) is 4.90 Å². The van der Waals surface area contributed by atoms with E-state index in [2.05, 4.69) is 15.3 Å². The summed E-state index contributed by atoms with van der Waals surface area (Å²) in [5, 5.41) is 3.46. The molecule has 3 fully saturated rings. The van der Waals surface area contributed by atoms with E-state index in [4.69, 9.17) is 0 Å². The third-order valence-corrected chi connectivity index (χ3v) is 5.28. The summed E-state index contributed by atoms with van der Waals surface area (Å²) in [6, 6.07) is 1.76. The molecule has 1 aromatic rings. The predicted octanol–water partition coefficient (Wildman–Crippen LogP) is 1.57. The third-order valence-electron chi connectivity index (χ3n) is 5.28. The van der Waals surface area contributed by atoms with E-state index < -0.39 is 0 Å². The molecule has 1 N–H and O–H groups in total. The Morgan fingerprint density at radius 2 is 2.10 bits per heavy atom. The van der Waals surface area contributed by atoms with Gasteiger partial charge in [-0.2, -0.15) is 0 Å². The molecule has 0 bridgehead atoms. The molecule has 21 heavy (non-hydrogen) atoms. The number of carbonyl (C=O) groups excluding carboxylic acids is 1. The van der Waals surface area contributed by atoms with Crippen LogP contribution in [0.25, 0.3) is 0 Å². The van der Waals surface area contributed by atoms with Gasteiger partial charge in [-0.25, -0.2) is 9.97 Å². The number of likely N-dealkylation sites (tertiary alicyclic amines) is 1. The molecule has 2 saturated heterocycles. The van der Waals surface area contributed by atoms with Crippen LogP contribution in [-0.2, 0) is 0 Å². The van der Waals surface area contributed by atoms with Gasteiger partial charge in [-0.3, -0.25) is 4.79 Å². The molecule has 1 saturated carbocycles. The summed E-state index contributed by atoms with van der Waals surface area (Å²) in [6.07, 6.45) is 7.56. The summed E-state index contributed by atoms with van der Waals surface area (Å²) in [7, 11) is 0. The molecule has 3 heterocycles. The van der Waals surface area contributed by atoms with E-state index >= 15 is 0 Å². The lowest BCUT2D eigenvalue weighted by molar-refractivity contribution is 0.0601. The van der Waals surface area contributed by atoms with Gasteiger partial charge in [0.1, 0.15) is 11.5 Å². The van der Waals surface area contributed by atoms with Crippen molar-refractivity contribution >= 4 is 5.91 Å². The Labute approximate surface area is 125 Å². The van der Waals surface area contributed by atoms with Crippen LogP contribution < -0.4 is 5.32 Å². The number of amides is 1. The van der Waals surface area contributed by atoms with Crippen molar-refractivity contribution in [1.82, 2.24) is 20.2 Å². The lowest BCUT2D eigenvalue weighted by Gasteiger charge is -2.38. The van der Waals surface area contributed by atoms with E-state index in [0.29, 0.717) is 17.0 Å². The van der Waals surface area contributed by atoms with Crippen LogP contribution in [0.15, 0.2) is 12.3 Å². The molecular weight excluding hydrogens is 264 g/mol. The molecule has 5 nitrogen and oxygen atoms in total. The third kappa shape index (κ3) is 2.55. The lowest BCUT2D eigenvalue weighted by Crippen LogP contribution is -2.44. The van der Waals surface area contributed by atoms with E-state index in [0.717, 1.165) is 57.7 Å². The molecular formula is C16H22N4O. The maximum Gasteiger partial charge on any atom is 0.272 e. The molecule has 1 aromatic heterocycles. The van der Waals surface area contributed by atoms with Crippen molar-refractivity contribution in [2.45, 2.75) is 38.0 Å². The normalized spacial score (nSPS) is 24.5. The number of piperidine rings is 1. The maximum atomic E-state index is 12.6. The van der Waals surface area contributed by atoms with Crippen molar-refractivity contribution in [2.24, 2.45) is 5.41 Å². The molecule has 0 unspecified atom stereocenters. The van der Waals surface area contributed by atoms with Crippen LogP contribution in [0.4, 0.5) is 0 Å². The Balaban J connectivity index is 1.44. The molecule has 5 heteroatoms. The highest BCUT2D eigenvalue weighted by Gasteiger charge is 2.38. The molecule has 112 valence electrons. The standard InChI is InChI=1S/C16H22N4O/c21-15(13-3-7-18-14(19-13)12-1-2-12)20-9-5-16(6-10-20)4-8-17-11-16/h3,7,12,17H,1-2,4-6,8-11H2. The second-order valence-electron chi connectivity index (χ2n) is 6.79. The number of nitrogens with zero attached hydrogens (tertiary/aromatic N) is 3. The quantitative estimate of drug-likeness (QED) is 0.896. The van der Waals surface area contributed by atoms with Crippen molar-refractivity contribution < 1.29 is 4.79 Å².